The summed E-state index contributed by atoms with van der Waals surface area (Å²) in [5.41, 5.74) is 0. The van der Waals surface area contributed by atoms with Crippen molar-refractivity contribution in [3.8, 4) is 0 Å². The van der Waals surface area contributed by atoms with E-state index in [0.717, 1.165) is 6.08 Å². The van der Waals surface area contributed by atoms with Crippen molar-refractivity contribution in [2.45, 2.75) is 12.8 Å². The van der Waals surface area contributed by atoms with Crippen LogP contribution in [-0.2, 0) is 9.59 Å². The molecule has 0 bridgehead atoms. The van der Waals surface area contributed by atoms with Gasteiger partial charge in [0, 0.05) is 6.42 Å². The fourth-order valence-electron chi connectivity index (χ4n) is 1.39. The first-order chi connectivity index (χ1) is 6.02. The van der Waals surface area contributed by atoms with E-state index in [-0.39, 0.29) is 12.8 Å². The second-order valence-corrected chi connectivity index (χ2v) is 2.98. The lowest BCUT2D eigenvalue weighted by molar-refractivity contribution is -0.154. The molecule has 1 aliphatic carbocycles. The van der Waals surface area contributed by atoms with Crippen molar-refractivity contribution < 1.29 is 24.2 Å². The molecular formula is C8H9FO4. The molecule has 0 heterocycles. The number of hydrogen-bond donors (Lipinski definition) is 2. The molecule has 72 valence electrons. The van der Waals surface area contributed by atoms with E-state index in [0.29, 0.717) is 0 Å². The van der Waals surface area contributed by atoms with Crippen LogP contribution in [0.15, 0.2) is 11.9 Å². The van der Waals surface area contributed by atoms with Crippen molar-refractivity contribution >= 4 is 11.9 Å². The average Bonchev–Trinajstić information content (AvgIpc) is 2.03. The minimum atomic E-state index is -1.25. The zero-order chi connectivity index (χ0) is 10.0. The Labute approximate surface area is 73.7 Å². The molecule has 0 spiro atoms. The van der Waals surface area contributed by atoms with E-state index in [4.69, 9.17) is 10.2 Å². The third-order valence-electron chi connectivity index (χ3n) is 2.13. The molecule has 4 nitrogen and oxygen atoms in total. The minimum absolute atomic E-state index is 0.0435. The predicted octanol–water partition coefficient (Wildman–Crippen LogP) is 1.04. The second-order valence-electron chi connectivity index (χ2n) is 2.98. The summed E-state index contributed by atoms with van der Waals surface area (Å²) in [6.07, 6.45) is 0.780. The fourth-order valence-corrected chi connectivity index (χ4v) is 1.39. The largest absolute Gasteiger partial charge is 0.481 e. The molecule has 0 aromatic carbocycles. The molecule has 0 aromatic rings. The summed E-state index contributed by atoms with van der Waals surface area (Å²) >= 11 is 0. The van der Waals surface area contributed by atoms with Crippen molar-refractivity contribution in [2.24, 2.45) is 11.8 Å². The number of carbonyl (C=O) groups is 2. The highest BCUT2D eigenvalue weighted by Gasteiger charge is 2.36. The smallest absolute Gasteiger partial charge is 0.307 e. The van der Waals surface area contributed by atoms with Gasteiger partial charge in [0.15, 0.2) is 0 Å². The van der Waals surface area contributed by atoms with Crippen LogP contribution in [0.1, 0.15) is 12.8 Å². The lowest BCUT2D eigenvalue weighted by atomic mass is 9.82. The quantitative estimate of drug-likeness (QED) is 0.678. The lowest BCUT2D eigenvalue weighted by Crippen LogP contribution is -2.31. The molecule has 0 aliphatic heterocycles. The van der Waals surface area contributed by atoms with Crippen LogP contribution in [-0.4, -0.2) is 22.2 Å². The Morgan fingerprint density at radius 2 is 1.85 bits per heavy atom. The van der Waals surface area contributed by atoms with Gasteiger partial charge in [-0.1, -0.05) is 6.08 Å². The Morgan fingerprint density at radius 3 is 2.31 bits per heavy atom. The van der Waals surface area contributed by atoms with Crippen molar-refractivity contribution in [3.05, 3.63) is 11.9 Å². The van der Waals surface area contributed by atoms with Gasteiger partial charge in [-0.2, -0.15) is 0 Å². The van der Waals surface area contributed by atoms with Crippen LogP contribution in [0.3, 0.4) is 0 Å². The molecule has 2 N–H and O–H groups in total. The van der Waals surface area contributed by atoms with Crippen LogP contribution in [0.4, 0.5) is 4.39 Å². The third kappa shape index (κ3) is 2.05. The number of allylic oxidation sites excluding steroid dienone is 2. The zero-order valence-corrected chi connectivity index (χ0v) is 6.74. The number of rotatable bonds is 2. The van der Waals surface area contributed by atoms with Crippen molar-refractivity contribution in [1.82, 2.24) is 0 Å². The molecule has 0 fully saturated rings. The van der Waals surface area contributed by atoms with E-state index in [9.17, 15) is 14.0 Å². The summed E-state index contributed by atoms with van der Waals surface area (Å²) in [5.74, 6) is -5.11. The summed E-state index contributed by atoms with van der Waals surface area (Å²) in [7, 11) is 0. The van der Waals surface area contributed by atoms with Crippen LogP contribution in [0.2, 0.25) is 0 Å². The summed E-state index contributed by atoms with van der Waals surface area (Å²) in [6.45, 7) is 0. The lowest BCUT2D eigenvalue weighted by Gasteiger charge is -2.22. The van der Waals surface area contributed by atoms with Gasteiger partial charge in [0.2, 0.25) is 0 Å². The van der Waals surface area contributed by atoms with Crippen LogP contribution < -0.4 is 0 Å². The molecule has 1 aliphatic rings. The summed E-state index contributed by atoms with van der Waals surface area (Å²) in [4.78, 5) is 21.1. The first kappa shape index (κ1) is 9.70. The van der Waals surface area contributed by atoms with E-state index < -0.39 is 29.6 Å². The highest BCUT2D eigenvalue weighted by molar-refractivity contribution is 5.80. The van der Waals surface area contributed by atoms with Crippen molar-refractivity contribution in [2.75, 3.05) is 0 Å². The van der Waals surface area contributed by atoms with Gasteiger partial charge < -0.3 is 10.2 Å². The van der Waals surface area contributed by atoms with E-state index in [2.05, 4.69) is 0 Å². The number of halogens is 1. The van der Waals surface area contributed by atoms with Crippen molar-refractivity contribution in [3.63, 3.8) is 0 Å². The van der Waals surface area contributed by atoms with Crippen LogP contribution in [0, 0.1) is 11.8 Å². The third-order valence-corrected chi connectivity index (χ3v) is 2.13. The Kier molecular flexibility index (Phi) is 2.65. The number of hydrogen-bond acceptors (Lipinski definition) is 2. The highest BCUT2D eigenvalue weighted by atomic mass is 19.1. The Bertz CT molecular complexity index is 271. The predicted molar refractivity (Wildman–Crippen MR) is 40.7 cm³/mol. The zero-order valence-electron chi connectivity index (χ0n) is 6.74. The molecule has 1 rings (SSSR count). The molecule has 0 radical (unpaired) electrons. The SMILES string of the molecule is O=C(O)C1CC=C(F)CC1C(=O)O. The van der Waals surface area contributed by atoms with Gasteiger partial charge in [0.25, 0.3) is 0 Å². The molecule has 2 atom stereocenters. The van der Waals surface area contributed by atoms with E-state index in [1.807, 2.05) is 0 Å². The molecular weight excluding hydrogens is 179 g/mol. The maximum Gasteiger partial charge on any atom is 0.307 e. The average molecular weight is 188 g/mol. The van der Waals surface area contributed by atoms with Gasteiger partial charge >= 0.3 is 11.9 Å². The van der Waals surface area contributed by atoms with Gasteiger partial charge in [-0.25, -0.2) is 4.39 Å². The van der Waals surface area contributed by atoms with Gasteiger partial charge in [-0.05, 0) is 6.42 Å². The van der Waals surface area contributed by atoms with Gasteiger partial charge in [-0.15, -0.1) is 0 Å². The molecule has 0 aromatic heterocycles. The van der Waals surface area contributed by atoms with E-state index >= 15 is 0 Å². The Balaban J connectivity index is 2.83. The monoisotopic (exact) mass is 188 g/mol. The second kappa shape index (κ2) is 3.55. The summed E-state index contributed by atoms with van der Waals surface area (Å²) in [5, 5.41) is 17.2. The van der Waals surface area contributed by atoms with E-state index in [1.165, 1.54) is 0 Å². The van der Waals surface area contributed by atoms with Crippen LogP contribution in [0.25, 0.3) is 0 Å². The number of carboxylic acids is 2. The Morgan fingerprint density at radius 1 is 1.31 bits per heavy atom. The molecule has 5 heteroatoms. The molecule has 13 heavy (non-hydrogen) atoms. The first-order valence-corrected chi connectivity index (χ1v) is 3.82. The molecule has 0 saturated carbocycles. The molecule has 0 amide bonds. The first-order valence-electron chi connectivity index (χ1n) is 3.82. The Hall–Kier alpha value is -1.39. The summed E-state index contributed by atoms with van der Waals surface area (Å²) < 4.78 is 12.6. The van der Waals surface area contributed by atoms with Crippen molar-refractivity contribution in [1.29, 1.82) is 0 Å². The highest BCUT2D eigenvalue weighted by Crippen LogP contribution is 2.30. The van der Waals surface area contributed by atoms with Crippen LogP contribution >= 0.6 is 0 Å². The van der Waals surface area contributed by atoms with Gasteiger partial charge in [0.1, 0.15) is 0 Å². The topological polar surface area (TPSA) is 74.6 Å². The number of carboxylic acid groups (broad SMARTS) is 2. The van der Waals surface area contributed by atoms with Gasteiger partial charge in [0.05, 0.1) is 17.7 Å². The van der Waals surface area contributed by atoms with Crippen LogP contribution in [0.5, 0.6) is 0 Å². The van der Waals surface area contributed by atoms with Gasteiger partial charge in [-0.3, -0.25) is 9.59 Å². The van der Waals surface area contributed by atoms with E-state index in [1.54, 1.807) is 0 Å². The number of aliphatic carboxylic acids is 2. The standard InChI is InChI=1S/C8H9FO4/c9-4-1-2-5(7(10)11)6(3-4)8(12)13/h1,5-6H,2-3H2,(H,10,11)(H,12,13). The maximum absolute atomic E-state index is 12.6. The fraction of sp³-hybridized carbons (Fsp3) is 0.500. The minimum Gasteiger partial charge on any atom is -0.481 e. The maximum atomic E-state index is 12.6. The molecule has 0 saturated heterocycles. The molecule has 2 unspecified atom stereocenters. The normalized spacial score (nSPS) is 27.9. The summed E-state index contributed by atoms with van der Waals surface area (Å²) in [6, 6.07) is 0.